The van der Waals surface area contributed by atoms with Crippen LogP contribution in [0.5, 0.6) is 0 Å². The molecule has 0 aromatic carbocycles. The molecule has 0 aromatic heterocycles. The van der Waals surface area contributed by atoms with Crippen molar-refractivity contribution in [1.82, 2.24) is 0 Å². The molecule has 0 aromatic rings. The van der Waals surface area contributed by atoms with Crippen molar-refractivity contribution in [2.75, 3.05) is 0 Å². The Hall–Kier alpha value is -0.530. The molecular formula is C16H18O2. The zero-order valence-electron chi connectivity index (χ0n) is 11.1. The van der Waals surface area contributed by atoms with E-state index in [4.69, 9.17) is 4.74 Å². The Labute approximate surface area is 106 Å². The Morgan fingerprint density at radius 1 is 1.11 bits per heavy atom. The highest BCUT2D eigenvalue weighted by Crippen LogP contribution is 3.28. The number of hydrogen-bond donors (Lipinski definition) is 0. The highest BCUT2D eigenvalue weighted by molar-refractivity contribution is 5.79. The number of carbonyl (C=O) groups is 1. The van der Waals surface area contributed by atoms with Crippen LogP contribution in [0.1, 0.15) is 27.2 Å². The van der Waals surface area contributed by atoms with Crippen LogP contribution >= 0.6 is 0 Å². The predicted molar refractivity (Wildman–Crippen MR) is 62.2 cm³/mol. The van der Waals surface area contributed by atoms with E-state index in [1.807, 2.05) is 20.8 Å². The molecule has 94 valence electrons. The molecule has 7 rings (SSSR count). The average Bonchev–Trinajstić information content (AvgIpc) is 2.98. The first kappa shape index (κ1) is 8.60. The van der Waals surface area contributed by atoms with Crippen molar-refractivity contribution in [2.24, 2.45) is 57.7 Å². The van der Waals surface area contributed by atoms with Gasteiger partial charge in [0.1, 0.15) is 5.60 Å². The van der Waals surface area contributed by atoms with Crippen LogP contribution in [0.15, 0.2) is 0 Å². The second-order valence-electron chi connectivity index (χ2n) is 9.37. The van der Waals surface area contributed by atoms with E-state index in [9.17, 15) is 4.79 Å². The molecule has 0 bridgehead atoms. The molecule has 7 saturated carbocycles. The number of esters is 1. The van der Waals surface area contributed by atoms with Crippen LogP contribution in [0.3, 0.4) is 0 Å². The Morgan fingerprint density at radius 3 is 2.28 bits per heavy atom. The van der Waals surface area contributed by atoms with Gasteiger partial charge in [-0.3, -0.25) is 4.79 Å². The molecule has 0 radical (unpaired) electrons. The molecule has 6 unspecified atom stereocenters. The van der Waals surface area contributed by atoms with Crippen LogP contribution in [-0.2, 0) is 9.53 Å². The molecule has 18 heavy (non-hydrogen) atoms. The second kappa shape index (κ2) is 1.61. The highest BCUT2D eigenvalue weighted by Gasteiger charge is 3.26. The zero-order chi connectivity index (χ0) is 12.0. The Bertz CT molecular complexity index is 569. The number of fused-ring (bicyclic) bond motifs is 6. The fourth-order valence-corrected chi connectivity index (χ4v) is 9.60. The summed E-state index contributed by atoms with van der Waals surface area (Å²) < 4.78 is 5.59. The van der Waals surface area contributed by atoms with Crippen molar-refractivity contribution in [2.45, 2.75) is 32.8 Å². The summed E-state index contributed by atoms with van der Waals surface area (Å²) in [5.41, 5.74) is 1.89. The summed E-state index contributed by atoms with van der Waals surface area (Å²) >= 11 is 0. The van der Waals surface area contributed by atoms with E-state index in [2.05, 4.69) is 0 Å². The summed E-state index contributed by atoms with van der Waals surface area (Å²) in [6.45, 7) is 5.95. The van der Waals surface area contributed by atoms with Gasteiger partial charge in [0, 0.05) is 0 Å². The van der Waals surface area contributed by atoms with Gasteiger partial charge >= 0.3 is 5.97 Å². The third-order valence-electron chi connectivity index (χ3n) is 8.59. The summed E-state index contributed by atoms with van der Waals surface area (Å²) in [4.78, 5) is 12.2. The Kier molecular flexibility index (Phi) is 0.770. The molecule has 0 amide bonds. The normalized spacial score (nSPS) is 79.4. The molecule has 7 aliphatic rings. The van der Waals surface area contributed by atoms with E-state index in [1.165, 1.54) is 5.92 Å². The quantitative estimate of drug-likeness (QED) is 0.693. The lowest BCUT2D eigenvalue weighted by molar-refractivity contribution is -0.388. The predicted octanol–water partition coefficient (Wildman–Crippen LogP) is 2.09. The maximum atomic E-state index is 12.2. The minimum atomic E-state index is -0.309. The fraction of sp³-hybridized carbons (Fsp3) is 0.938. The molecule has 2 spiro atoms. The summed E-state index contributed by atoms with van der Waals surface area (Å²) in [5, 5.41) is 0. The number of carbonyl (C=O) groups excluding carboxylic acids is 1. The summed E-state index contributed by atoms with van der Waals surface area (Å²) in [6, 6.07) is 0. The highest BCUT2D eigenvalue weighted by atomic mass is 16.6. The van der Waals surface area contributed by atoms with Crippen molar-refractivity contribution in [3.63, 3.8) is 0 Å². The molecule has 7 fully saturated rings. The van der Waals surface area contributed by atoms with E-state index in [0.29, 0.717) is 5.41 Å². The maximum absolute atomic E-state index is 12.2. The Balaban J connectivity index is 1.24. The van der Waals surface area contributed by atoms with Crippen molar-refractivity contribution in [3.05, 3.63) is 0 Å². The largest absolute Gasteiger partial charge is 0.460 e. The average molecular weight is 242 g/mol. The van der Waals surface area contributed by atoms with Crippen molar-refractivity contribution < 1.29 is 9.53 Å². The van der Waals surface area contributed by atoms with E-state index in [1.54, 1.807) is 0 Å². The van der Waals surface area contributed by atoms with Crippen LogP contribution < -0.4 is 0 Å². The molecule has 7 aliphatic carbocycles. The van der Waals surface area contributed by atoms with E-state index >= 15 is 0 Å². The minimum Gasteiger partial charge on any atom is -0.460 e. The second-order valence-corrected chi connectivity index (χ2v) is 9.37. The number of ether oxygens (including phenoxy) is 1. The lowest BCUT2D eigenvalue weighted by atomic mass is 9.19. The minimum absolute atomic E-state index is 0.0878. The molecule has 0 heterocycles. The van der Waals surface area contributed by atoms with E-state index in [0.717, 1.165) is 52.8 Å². The van der Waals surface area contributed by atoms with Crippen molar-refractivity contribution in [3.8, 4) is 0 Å². The van der Waals surface area contributed by atoms with Gasteiger partial charge in [-0.05, 0) is 78.4 Å². The van der Waals surface area contributed by atoms with Crippen LogP contribution in [0.4, 0.5) is 0 Å². The lowest BCUT2D eigenvalue weighted by Gasteiger charge is -2.84. The Morgan fingerprint density at radius 2 is 1.72 bits per heavy atom. The monoisotopic (exact) mass is 242 g/mol. The fourth-order valence-electron chi connectivity index (χ4n) is 9.60. The van der Waals surface area contributed by atoms with E-state index in [-0.39, 0.29) is 11.6 Å². The molecular weight excluding hydrogens is 224 g/mol. The first-order chi connectivity index (χ1) is 8.44. The van der Waals surface area contributed by atoms with Crippen LogP contribution in [0, 0.1) is 57.7 Å². The lowest BCUT2D eigenvalue weighted by Crippen LogP contribution is -2.82. The van der Waals surface area contributed by atoms with Gasteiger partial charge in [-0.15, -0.1) is 0 Å². The van der Waals surface area contributed by atoms with Gasteiger partial charge in [0.05, 0.1) is 6.42 Å². The summed E-state index contributed by atoms with van der Waals surface area (Å²) in [7, 11) is 0. The van der Waals surface area contributed by atoms with Crippen LogP contribution in [-0.4, -0.2) is 11.6 Å². The first-order valence-electron chi connectivity index (χ1n) is 7.66. The van der Waals surface area contributed by atoms with Gasteiger partial charge in [0.25, 0.3) is 0 Å². The molecule has 0 N–H and O–H groups in total. The smallest absolute Gasteiger partial charge is 0.306 e. The van der Waals surface area contributed by atoms with Crippen molar-refractivity contribution in [1.29, 1.82) is 0 Å². The van der Waals surface area contributed by atoms with E-state index < -0.39 is 0 Å². The zero-order valence-corrected chi connectivity index (χ0v) is 11.1. The van der Waals surface area contributed by atoms with Crippen LogP contribution in [0.2, 0.25) is 0 Å². The first-order valence-corrected chi connectivity index (χ1v) is 7.66. The SMILES string of the molecule is CC(C)(C)OC(=O)CC12C3C4C5C6C1C61C5C43C21. The van der Waals surface area contributed by atoms with Gasteiger partial charge in [-0.1, -0.05) is 0 Å². The maximum Gasteiger partial charge on any atom is 0.306 e. The van der Waals surface area contributed by atoms with Crippen molar-refractivity contribution >= 4 is 5.97 Å². The van der Waals surface area contributed by atoms with Gasteiger partial charge in [0.2, 0.25) is 0 Å². The topological polar surface area (TPSA) is 26.3 Å². The van der Waals surface area contributed by atoms with Gasteiger partial charge in [0.15, 0.2) is 0 Å². The molecule has 6 atom stereocenters. The third-order valence-corrected chi connectivity index (χ3v) is 8.59. The van der Waals surface area contributed by atoms with Gasteiger partial charge in [-0.25, -0.2) is 0 Å². The summed E-state index contributed by atoms with van der Waals surface area (Å²) in [6.07, 6.45) is 0.764. The molecule has 0 saturated heterocycles. The summed E-state index contributed by atoms with van der Waals surface area (Å²) in [5.74, 6) is 7.60. The third kappa shape index (κ3) is 0.387. The number of hydrogen-bond acceptors (Lipinski definition) is 2. The van der Waals surface area contributed by atoms with Gasteiger partial charge in [-0.2, -0.15) is 0 Å². The standard InChI is InChI=1S/C16H18O2/c1-13(2,3)18-5(17)4-14-10-7-6-8-11(14)16(8)9(6)15(7,10)12(14)16/h6-12H,4H2,1-3H3. The molecule has 2 heteroatoms. The van der Waals surface area contributed by atoms with Crippen LogP contribution in [0.25, 0.3) is 0 Å². The molecule has 0 aliphatic heterocycles. The van der Waals surface area contributed by atoms with Gasteiger partial charge < -0.3 is 4.74 Å². The molecule has 2 nitrogen and oxygen atoms in total. The number of rotatable bonds is 2.